The lowest BCUT2D eigenvalue weighted by Gasteiger charge is -2.48. The number of ether oxygens (including phenoxy) is 3. The van der Waals surface area contributed by atoms with E-state index < -0.39 is 35.9 Å². The van der Waals surface area contributed by atoms with Gasteiger partial charge in [0.05, 0.1) is 41.0 Å². The normalized spacial score (nSPS) is 29.1. The number of alkyl halides is 6. The summed E-state index contributed by atoms with van der Waals surface area (Å²) in [7, 11) is 0. The van der Waals surface area contributed by atoms with Crippen LogP contribution in [0.4, 0.5) is 26.3 Å². The molecule has 5 rings (SSSR count). The molecule has 0 aliphatic carbocycles. The molecule has 0 saturated carbocycles. The average Bonchev–Trinajstić information content (AvgIpc) is 3.15. The second-order valence-corrected chi connectivity index (χ2v) is 12.7. The van der Waals surface area contributed by atoms with Crippen molar-refractivity contribution in [2.45, 2.75) is 101 Å². The third-order valence-electron chi connectivity index (χ3n) is 9.53. The molecular weight excluding hydrogens is 560 g/mol. The highest BCUT2D eigenvalue weighted by molar-refractivity contribution is 5.35. The number of hydrogen-bond acceptors (Lipinski definition) is 4. The smallest absolute Gasteiger partial charge is 0.369 e. The predicted octanol–water partition coefficient (Wildman–Crippen LogP) is 8.37. The van der Waals surface area contributed by atoms with Crippen molar-refractivity contribution in [3.63, 3.8) is 0 Å². The zero-order valence-corrected chi connectivity index (χ0v) is 24.4. The van der Waals surface area contributed by atoms with Gasteiger partial charge in [0.1, 0.15) is 0 Å². The maximum Gasteiger partial charge on any atom is 0.416 e. The number of nitrogens with zero attached hydrogens (tertiary/aromatic N) is 1. The summed E-state index contributed by atoms with van der Waals surface area (Å²) in [6.07, 6.45) is -8.27. The van der Waals surface area contributed by atoms with Crippen molar-refractivity contribution in [2.24, 2.45) is 5.92 Å². The number of halogens is 6. The summed E-state index contributed by atoms with van der Waals surface area (Å²) >= 11 is 0. The first-order valence-electron chi connectivity index (χ1n) is 14.6. The van der Waals surface area contributed by atoms with Crippen LogP contribution in [0.1, 0.15) is 87.7 Å². The Labute approximate surface area is 243 Å². The van der Waals surface area contributed by atoms with Crippen LogP contribution < -0.4 is 0 Å². The maximum atomic E-state index is 13.5. The monoisotopic (exact) mass is 599 g/mol. The predicted molar refractivity (Wildman–Crippen MR) is 146 cm³/mol. The molecule has 10 heteroatoms. The van der Waals surface area contributed by atoms with Crippen molar-refractivity contribution in [2.75, 3.05) is 19.7 Å². The molecule has 3 heterocycles. The van der Waals surface area contributed by atoms with Crippen LogP contribution in [0.15, 0.2) is 48.5 Å². The third kappa shape index (κ3) is 6.51. The molecule has 0 amide bonds. The Hall–Kier alpha value is -2.14. The van der Waals surface area contributed by atoms with Crippen LogP contribution in [-0.4, -0.2) is 48.1 Å². The summed E-state index contributed by atoms with van der Waals surface area (Å²) in [5, 5.41) is 0. The summed E-state index contributed by atoms with van der Waals surface area (Å²) in [6.45, 7) is 10.0. The van der Waals surface area contributed by atoms with Crippen molar-refractivity contribution < 1.29 is 40.6 Å². The largest absolute Gasteiger partial charge is 0.416 e. The highest BCUT2D eigenvalue weighted by Crippen LogP contribution is 2.48. The van der Waals surface area contributed by atoms with Crippen molar-refractivity contribution in [3.05, 3.63) is 70.8 Å². The Morgan fingerprint density at radius 3 is 2.05 bits per heavy atom. The van der Waals surface area contributed by atoms with Crippen LogP contribution in [0, 0.1) is 5.92 Å². The van der Waals surface area contributed by atoms with Crippen molar-refractivity contribution in [1.82, 2.24) is 4.90 Å². The lowest BCUT2D eigenvalue weighted by Crippen LogP contribution is -2.54. The van der Waals surface area contributed by atoms with Gasteiger partial charge in [0.2, 0.25) is 0 Å². The summed E-state index contributed by atoms with van der Waals surface area (Å²) in [5.41, 5.74) is -2.29. The minimum absolute atomic E-state index is 0.0229. The van der Waals surface area contributed by atoms with Gasteiger partial charge in [0.25, 0.3) is 0 Å². The molecule has 1 unspecified atom stereocenters. The van der Waals surface area contributed by atoms with Crippen LogP contribution in [-0.2, 0) is 26.6 Å². The highest BCUT2D eigenvalue weighted by atomic mass is 19.4. The molecule has 4 nitrogen and oxygen atoms in total. The van der Waals surface area contributed by atoms with Gasteiger partial charge in [-0.3, -0.25) is 4.90 Å². The van der Waals surface area contributed by atoms with Crippen LogP contribution in [0.5, 0.6) is 0 Å². The lowest BCUT2D eigenvalue weighted by molar-refractivity contribution is -0.214. The molecule has 0 radical (unpaired) electrons. The molecule has 0 N–H and O–H groups in total. The molecule has 5 atom stereocenters. The maximum absolute atomic E-state index is 13.5. The first kappa shape index (κ1) is 31.3. The molecule has 3 fully saturated rings. The minimum atomic E-state index is -4.93. The van der Waals surface area contributed by atoms with Gasteiger partial charge in [0.15, 0.2) is 6.29 Å². The van der Waals surface area contributed by atoms with Crippen LogP contribution in [0.2, 0.25) is 0 Å². The second kappa shape index (κ2) is 11.4. The van der Waals surface area contributed by atoms with Crippen molar-refractivity contribution in [1.29, 1.82) is 0 Å². The summed E-state index contributed by atoms with van der Waals surface area (Å²) in [5.74, 6) is 0.168. The van der Waals surface area contributed by atoms with E-state index in [1.54, 1.807) is 0 Å². The van der Waals surface area contributed by atoms with Gasteiger partial charge in [-0.25, -0.2) is 0 Å². The van der Waals surface area contributed by atoms with E-state index in [1.165, 1.54) is 6.92 Å². The fraction of sp³-hybridized carbons (Fsp3) is 0.625. The molecule has 0 aromatic heterocycles. The fourth-order valence-electron chi connectivity index (χ4n) is 6.92. The van der Waals surface area contributed by atoms with E-state index in [2.05, 4.69) is 25.7 Å². The molecule has 3 aliphatic rings. The van der Waals surface area contributed by atoms with Gasteiger partial charge >= 0.3 is 12.4 Å². The number of hydrogen-bond donors (Lipinski definition) is 0. The molecule has 1 spiro atoms. The van der Waals surface area contributed by atoms with E-state index in [0.29, 0.717) is 12.5 Å². The minimum Gasteiger partial charge on any atom is -0.369 e. The summed E-state index contributed by atoms with van der Waals surface area (Å²) in [4.78, 5) is 2.43. The zero-order chi connectivity index (χ0) is 30.5. The van der Waals surface area contributed by atoms with E-state index in [0.717, 1.165) is 56.5 Å². The summed E-state index contributed by atoms with van der Waals surface area (Å²) in [6, 6.07) is 11.3. The molecule has 0 bridgehead atoms. The first-order chi connectivity index (χ1) is 19.6. The van der Waals surface area contributed by atoms with E-state index >= 15 is 0 Å². The van der Waals surface area contributed by atoms with Gasteiger partial charge in [-0.15, -0.1) is 0 Å². The Balaban J connectivity index is 1.39. The molecule has 232 valence electrons. The Kier molecular flexibility index (Phi) is 8.50. The fourth-order valence-corrected chi connectivity index (χ4v) is 6.92. The average molecular weight is 600 g/mol. The van der Waals surface area contributed by atoms with Crippen LogP contribution in [0.3, 0.4) is 0 Å². The van der Waals surface area contributed by atoms with Gasteiger partial charge in [0, 0.05) is 19.1 Å². The van der Waals surface area contributed by atoms with Gasteiger partial charge in [-0.2, -0.15) is 26.3 Å². The quantitative estimate of drug-likeness (QED) is 0.323. The molecular formula is C32H39F6NO3. The Morgan fingerprint density at radius 2 is 1.52 bits per heavy atom. The van der Waals surface area contributed by atoms with Crippen molar-refractivity contribution in [3.8, 4) is 0 Å². The second-order valence-electron chi connectivity index (χ2n) is 12.7. The SMILES string of the molecule is CC1CC2(CCN([C@@H]3CCO[C@H](O[C@H](C)c4cc(C(F)(F)F)cc(C(F)(F)F)c4)[C@@H]3c3ccccc3)CC2)OC1(C)C. The molecule has 3 aliphatic heterocycles. The third-order valence-corrected chi connectivity index (χ3v) is 9.53. The molecule has 42 heavy (non-hydrogen) atoms. The Bertz CT molecular complexity index is 1190. The van der Waals surface area contributed by atoms with Crippen LogP contribution >= 0.6 is 0 Å². The van der Waals surface area contributed by atoms with Gasteiger partial charge < -0.3 is 14.2 Å². The van der Waals surface area contributed by atoms with E-state index in [9.17, 15) is 26.3 Å². The number of piperidine rings is 1. The number of likely N-dealkylation sites (tertiary alicyclic amines) is 1. The topological polar surface area (TPSA) is 30.9 Å². The number of rotatable bonds is 5. The Morgan fingerprint density at radius 1 is 0.929 bits per heavy atom. The molecule has 2 aromatic carbocycles. The van der Waals surface area contributed by atoms with Gasteiger partial charge in [-0.1, -0.05) is 37.3 Å². The molecule has 2 aromatic rings. The standard InChI is InChI=1S/C32H39F6NO3/c1-20-19-30(42-29(20,3)4)11-13-39(14-12-30)26-10-15-40-28(27(26)22-8-6-5-7-9-22)41-21(2)23-16-24(31(33,34)35)18-25(17-23)32(36,37)38/h5-9,16-18,20-21,26-28H,10-15,19H2,1-4H3/t20?,21-,26-,27-,28-/m1/s1. The highest BCUT2D eigenvalue weighted by Gasteiger charge is 2.51. The van der Waals surface area contributed by atoms with Gasteiger partial charge in [-0.05, 0) is 81.7 Å². The summed E-state index contributed by atoms with van der Waals surface area (Å²) < 4.78 is 100. The van der Waals surface area contributed by atoms with E-state index in [-0.39, 0.29) is 34.8 Å². The van der Waals surface area contributed by atoms with E-state index in [4.69, 9.17) is 14.2 Å². The lowest BCUT2D eigenvalue weighted by atomic mass is 9.80. The molecule has 3 saturated heterocycles. The zero-order valence-electron chi connectivity index (χ0n) is 24.4. The first-order valence-corrected chi connectivity index (χ1v) is 14.6. The van der Waals surface area contributed by atoms with E-state index in [1.807, 2.05) is 30.3 Å². The van der Waals surface area contributed by atoms with Crippen LogP contribution in [0.25, 0.3) is 0 Å². The number of benzene rings is 2. The van der Waals surface area contributed by atoms with Crippen molar-refractivity contribution >= 4 is 0 Å².